The van der Waals surface area contributed by atoms with Gasteiger partial charge < -0.3 is 19.3 Å². The van der Waals surface area contributed by atoms with Crippen LogP contribution in [0.25, 0.3) is 0 Å². The molecule has 0 spiro atoms. The summed E-state index contributed by atoms with van der Waals surface area (Å²) in [5, 5.41) is 8.84. The van der Waals surface area contributed by atoms with Gasteiger partial charge in [0.25, 0.3) is 0 Å². The second kappa shape index (κ2) is 8.46. The smallest absolute Gasteiger partial charge is 0.410 e. The standard InChI is InChI=1S/C23H24FN5O3/c1-23(2,3)32-22(30)29-12-17-10-28(11-18(17)13-29)21-26-7-6-20(27-21)31-14-16-5-4-15(9-25)8-19(16)24/h4-8H,10-14H2,1-3H3. The highest BCUT2D eigenvalue weighted by Crippen LogP contribution is 2.29. The van der Waals surface area contributed by atoms with Gasteiger partial charge in [-0.15, -0.1) is 0 Å². The molecule has 32 heavy (non-hydrogen) atoms. The van der Waals surface area contributed by atoms with E-state index in [1.54, 1.807) is 23.2 Å². The van der Waals surface area contributed by atoms with Crippen molar-refractivity contribution in [2.24, 2.45) is 0 Å². The highest BCUT2D eigenvalue weighted by Gasteiger charge is 2.35. The lowest BCUT2D eigenvalue weighted by Gasteiger charge is -2.26. The normalized spacial score (nSPS) is 15.6. The second-order valence-corrected chi connectivity index (χ2v) is 8.80. The Balaban J connectivity index is 1.35. The molecule has 9 heteroatoms. The minimum atomic E-state index is -0.523. The zero-order valence-electron chi connectivity index (χ0n) is 18.3. The van der Waals surface area contributed by atoms with E-state index in [4.69, 9.17) is 14.7 Å². The zero-order valence-corrected chi connectivity index (χ0v) is 18.3. The van der Waals surface area contributed by atoms with Crippen LogP contribution in [0.5, 0.6) is 5.88 Å². The predicted molar refractivity (Wildman–Crippen MR) is 115 cm³/mol. The number of anilines is 1. The summed E-state index contributed by atoms with van der Waals surface area (Å²) in [6.07, 6.45) is 1.30. The number of nitrogens with zero attached hydrogens (tertiary/aromatic N) is 5. The third-order valence-corrected chi connectivity index (χ3v) is 5.14. The van der Waals surface area contributed by atoms with Crippen LogP contribution in [0.3, 0.4) is 0 Å². The van der Waals surface area contributed by atoms with Gasteiger partial charge in [-0.2, -0.15) is 10.2 Å². The summed E-state index contributed by atoms with van der Waals surface area (Å²) in [7, 11) is 0. The molecule has 0 saturated carbocycles. The van der Waals surface area contributed by atoms with Gasteiger partial charge in [0.2, 0.25) is 11.8 Å². The Labute approximate surface area is 185 Å². The van der Waals surface area contributed by atoms with E-state index in [1.807, 2.05) is 31.7 Å². The van der Waals surface area contributed by atoms with Crippen molar-refractivity contribution in [3.8, 4) is 11.9 Å². The molecule has 0 fully saturated rings. The summed E-state index contributed by atoms with van der Waals surface area (Å²) in [5.74, 6) is 0.357. The van der Waals surface area contributed by atoms with Gasteiger partial charge in [-0.05, 0) is 44.1 Å². The maximum absolute atomic E-state index is 14.1. The first-order valence-corrected chi connectivity index (χ1v) is 10.3. The van der Waals surface area contributed by atoms with Gasteiger partial charge in [0, 0.05) is 44.0 Å². The molecular formula is C23H24FN5O3. The molecule has 8 nitrogen and oxygen atoms in total. The first-order chi connectivity index (χ1) is 15.2. The molecule has 4 rings (SSSR count). The topological polar surface area (TPSA) is 91.6 Å². The molecule has 0 atom stereocenters. The molecule has 1 aromatic heterocycles. The molecule has 0 unspecified atom stereocenters. The Morgan fingerprint density at radius 2 is 1.91 bits per heavy atom. The molecular weight excluding hydrogens is 413 g/mol. The van der Waals surface area contributed by atoms with Crippen LogP contribution >= 0.6 is 0 Å². The lowest BCUT2D eigenvalue weighted by molar-refractivity contribution is 0.0297. The first kappa shape index (κ1) is 21.6. The summed E-state index contributed by atoms with van der Waals surface area (Å²) >= 11 is 0. The Bertz CT molecular complexity index is 1100. The van der Waals surface area contributed by atoms with Crippen molar-refractivity contribution in [2.75, 3.05) is 31.1 Å². The number of halogens is 1. The van der Waals surface area contributed by atoms with E-state index in [0.29, 0.717) is 43.6 Å². The number of amides is 1. The maximum atomic E-state index is 14.1. The summed E-state index contributed by atoms with van der Waals surface area (Å²) < 4.78 is 25.2. The zero-order chi connectivity index (χ0) is 22.9. The summed E-state index contributed by atoms with van der Waals surface area (Å²) in [6, 6.07) is 7.78. The summed E-state index contributed by atoms with van der Waals surface area (Å²) in [6.45, 7) is 7.88. The first-order valence-electron chi connectivity index (χ1n) is 10.3. The van der Waals surface area contributed by atoms with Crippen LogP contribution in [0.4, 0.5) is 15.1 Å². The number of hydrogen-bond acceptors (Lipinski definition) is 7. The van der Waals surface area contributed by atoms with Gasteiger partial charge in [0.1, 0.15) is 18.0 Å². The van der Waals surface area contributed by atoms with Crippen LogP contribution in [-0.2, 0) is 11.3 Å². The number of carbonyl (C=O) groups excluding carboxylic acids is 1. The Kier molecular flexibility index (Phi) is 5.70. The molecule has 2 aliphatic heterocycles. The van der Waals surface area contributed by atoms with Crippen molar-refractivity contribution in [3.05, 3.63) is 58.6 Å². The van der Waals surface area contributed by atoms with E-state index in [1.165, 1.54) is 23.3 Å². The van der Waals surface area contributed by atoms with Crippen molar-refractivity contribution >= 4 is 12.0 Å². The molecule has 2 aliphatic rings. The largest absolute Gasteiger partial charge is 0.473 e. The Morgan fingerprint density at radius 1 is 1.19 bits per heavy atom. The van der Waals surface area contributed by atoms with Crippen molar-refractivity contribution in [1.29, 1.82) is 5.26 Å². The predicted octanol–water partition coefficient (Wildman–Crippen LogP) is 3.43. The van der Waals surface area contributed by atoms with Gasteiger partial charge in [-0.3, -0.25) is 0 Å². The molecule has 0 N–H and O–H groups in total. The monoisotopic (exact) mass is 437 g/mol. The SMILES string of the molecule is CC(C)(C)OC(=O)N1CC2=C(C1)CN(c1nccc(OCc3ccc(C#N)cc3F)n1)C2. The van der Waals surface area contributed by atoms with E-state index in [9.17, 15) is 9.18 Å². The molecule has 1 amide bonds. The van der Waals surface area contributed by atoms with E-state index in [0.717, 1.165) is 0 Å². The number of aromatic nitrogens is 2. The van der Waals surface area contributed by atoms with Crippen LogP contribution in [0.1, 0.15) is 31.9 Å². The number of carbonyl (C=O) groups is 1. The maximum Gasteiger partial charge on any atom is 0.410 e. The highest BCUT2D eigenvalue weighted by atomic mass is 19.1. The minimum Gasteiger partial charge on any atom is -0.473 e. The van der Waals surface area contributed by atoms with Gasteiger partial charge in [0.05, 0.1) is 11.6 Å². The lowest BCUT2D eigenvalue weighted by Crippen LogP contribution is -2.38. The number of hydrogen-bond donors (Lipinski definition) is 0. The lowest BCUT2D eigenvalue weighted by atomic mass is 10.1. The number of ether oxygens (including phenoxy) is 2. The molecule has 3 heterocycles. The molecule has 0 radical (unpaired) electrons. The fourth-order valence-corrected chi connectivity index (χ4v) is 3.63. The van der Waals surface area contributed by atoms with Crippen LogP contribution < -0.4 is 9.64 Å². The van der Waals surface area contributed by atoms with Crippen LogP contribution in [-0.4, -0.2) is 52.7 Å². The number of rotatable bonds is 4. The average Bonchev–Trinajstić information content (AvgIpc) is 3.31. The molecule has 0 bridgehead atoms. The molecule has 166 valence electrons. The molecule has 1 aromatic carbocycles. The third kappa shape index (κ3) is 4.80. The fourth-order valence-electron chi connectivity index (χ4n) is 3.63. The molecule has 0 aliphatic carbocycles. The second-order valence-electron chi connectivity index (χ2n) is 8.80. The quantitative estimate of drug-likeness (QED) is 0.677. The molecule has 0 saturated heterocycles. The van der Waals surface area contributed by atoms with Gasteiger partial charge in [0.15, 0.2) is 0 Å². The Hall–Kier alpha value is -3.67. The van der Waals surface area contributed by atoms with Gasteiger partial charge in [-0.25, -0.2) is 14.2 Å². The van der Waals surface area contributed by atoms with Crippen LogP contribution in [0.2, 0.25) is 0 Å². The van der Waals surface area contributed by atoms with Crippen molar-refractivity contribution in [2.45, 2.75) is 33.0 Å². The fraction of sp³-hybridized carbons (Fsp3) is 0.391. The van der Waals surface area contributed by atoms with E-state index in [-0.39, 0.29) is 18.3 Å². The summed E-state index contributed by atoms with van der Waals surface area (Å²) in [5.41, 5.74) is 2.42. The number of nitriles is 1. The van der Waals surface area contributed by atoms with Crippen molar-refractivity contribution in [3.63, 3.8) is 0 Å². The van der Waals surface area contributed by atoms with Crippen molar-refractivity contribution < 1.29 is 18.7 Å². The van der Waals surface area contributed by atoms with Crippen molar-refractivity contribution in [1.82, 2.24) is 14.9 Å². The van der Waals surface area contributed by atoms with Crippen LogP contribution in [0.15, 0.2) is 41.6 Å². The average molecular weight is 437 g/mol. The third-order valence-electron chi connectivity index (χ3n) is 5.14. The highest BCUT2D eigenvalue weighted by molar-refractivity contribution is 5.70. The van der Waals surface area contributed by atoms with E-state index >= 15 is 0 Å². The Morgan fingerprint density at radius 3 is 2.53 bits per heavy atom. The summed E-state index contributed by atoms with van der Waals surface area (Å²) in [4.78, 5) is 24.8. The number of benzene rings is 1. The van der Waals surface area contributed by atoms with Gasteiger partial charge in [-0.1, -0.05) is 6.07 Å². The van der Waals surface area contributed by atoms with Crippen LogP contribution in [0, 0.1) is 17.1 Å². The van der Waals surface area contributed by atoms with Gasteiger partial charge >= 0.3 is 6.09 Å². The molecule has 2 aromatic rings. The minimum absolute atomic E-state index is 0.00636. The van der Waals surface area contributed by atoms with E-state index < -0.39 is 11.4 Å². The van der Waals surface area contributed by atoms with E-state index in [2.05, 4.69) is 9.97 Å².